The van der Waals surface area contributed by atoms with E-state index in [4.69, 9.17) is 11.6 Å². The third-order valence-corrected chi connectivity index (χ3v) is 4.69. The van der Waals surface area contributed by atoms with Gasteiger partial charge in [-0.1, -0.05) is 23.7 Å². The molecule has 1 aliphatic rings. The number of pyridine rings is 1. The summed E-state index contributed by atoms with van der Waals surface area (Å²) >= 11 is 6.18. The number of carbonyl (C=O) groups is 1. The molecule has 0 amide bonds. The van der Waals surface area contributed by atoms with Crippen LogP contribution in [0.2, 0.25) is 5.02 Å². The van der Waals surface area contributed by atoms with Crippen LogP contribution in [0.3, 0.4) is 0 Å². The van der Waals surface area contributed by atoms with E-state index in [2.05, 4.69) is 4.98 Å². The van der Waals surface area contributed by atoms with Gasteiger partial charge < -0.3 is 5.11 Å². The fourth-order valence-electron chi connectivity index (χ4n) is 3.04. The third-order valence-electron chi connectivity index (χ3n) is 4.22. The molecule has 0 saturated heterocycles. The van der Waals surface area contributed by atoms with Crippen LogP contribution in [0.4, 0.5) is 13.2 Å². The maximum atomic E-state index is 13.1. The minimum absolute atomic E-state index is 0.103. The smallest absolute Gasteiger partial charge is 0.392 e. The predicted molar refractivity (Wildman–Crippen MR) is 81.8 cm³/mol. The molecule has 0 aliphatic heterocycles. The number of nitrogens with zero attached hydrogens (tertiary/aromatic N) is 1. The van der Waals surface area contributed by atoms with Crippen molar-refractivity contribution in [3.63, 3.8) is 0 Å². The van der Waals surface area contributed by atoms with E-state index >= 15 is 0 Å². The normalized spacial score (nSPS) is 17.2. The Bertz CT molecular complexity index is 805. The molecule has 3 rings (SSSR count). The molecule has 0 radical (unpaired) electrons. The standard InChI is InChI=1S/C17H13ClF3NO2/c18-15-9(8-23)3-4-11-12(15)6-10(16(11)24)7-14-13(17(19,20)21)2-1-5-22-14/h1-5,10,23H,6-8H2. The average Bonchev–Trinajstić information content (AvgIpc) is 2.85. The quantitative estimate of drug-likeness (QED) is 0.910. The van der Waals surface area contributed by atoms with E-state index in [1.807, 2.05) is 0 Å². The second-order valence-electron chi connectivity index (χ2n) is 5.69. The molecule has 1 aromatic heterocycles. The highest BCUT2D eigenvalue weighted by Crippen LogP contribution is 2.38. The highest BCUT2D eigenvalue weighted by atomic mass is 35.5. The fourth-order valence-corrected chi connectivity index (χ4v) is 3.34. The molecule has 2 aromatic rings. The van der Waals surface area contributed by atoms with E-state index in [-0.39, 0.29) is 30.9 Å². The Morgan fingerprint density at radius 1 is 1.29 bits per heavy atom. The zero-order chi connectivity index (χ0) is 17.5. The average molecular weight is 356 g/mol. The lowest BCUT2D eigenvalue weighted by Gasteiger charge is -2.14. The molecule has 0 fully saturated rings. The second-order valence-corrected chi connectivity index (χ2v) is 6.07. The Morgan fingerprint density at radius 3 is 2.71 bits per heavy atom. The van der Waals surface area contributed by atoms with E-state index in [9.17, 15) is 23.1 Å². The van der Waals surface area contributed by atoms with Gasteiger partial charge >= 0.3 is 6.18 Å². The van der Waals surface area contributed by atoms with Crippen LogP contribution in [0.15, 0.2) is 30.5 Å². The molecule has 1 heterocycles. The molecule has 3 nitrogen and oxygen atoms in total. The highest BCUT2D eigenvalue weighted by molar-refractivity contribution is 6.33. The number of aliphatic hydroxyl groups excluding tert-OH is 1. The summed E-state index contributed by atoms with van der Waals surface area (Å²) in [5.74, 6) is -0.877. The molecule has 0 saturated carbocycles. The zero-order valence-electron chi connectivity index (χ0n) is 12.4. The van der Waals surface area contributed by atoms with Gasteiger partial charge in [0, 0.05) is 24.1 Å². The summed E-state index contributed by atoms with van der Waals surface area (Å²) in [5.41, 5.74) is 0.526. The Kier molecular flexibility index (Phi) is 4.36. The first-order chi connectivity index (χ1) is 11.3. The van der Waals surface area contributed by atoms with E-state index in [0.29, 0.717) is 21.7 Å². The topological polar surface area (TPSA) is 50.2 Å². The summed E-state index contributed by atoms with van der Waals surface area (Å²) in [7, 11) is 0. The summed E-state index contributed by atoms with van der Waals surface area (Å²) in [5, 5.41) is 9.55. The van der Waals surface area contributed by atoms with Crippen LogP contribution in [-0.2, 0) is 25.6 Å². The highest BCUT2D eigenvalue weighted by Gasteiger charge is 2.37. The molecule has 0 spiro atoms. The van der Waals surface area contributed by atoms with Gasteiger partial charge in [-0.25, -0.2) is 0 Å². The van der Waals surface area contributed by atoms with Gasteiger partial charge in [0.25, 0.3) is 0 Å². The van der Waals surface area contributed by atoms with Crippen LogP contribution in [0.1, 0.15) is 32.7 Å². The van der Waals surface area contributed by atoms with Gasteiger partial charge in [0.05, 0.1) is 22.9 Å². The fraction of sp³-hybridized carbons (Fsp3) is 0.294. The summed E-state index contributed by atoms with van der Waals surface area (Å²) in [4.78, 5) is 16.3. The Labute approximate surface area is 141 Å². The van der Waals surface area contributed by atoms with Crippen molar-refractivity contribution >= 4 is 17.4 Å². The molecule has 1 atom stereocenters. The number of aromatic nitrogens is 1. The van der Waals surface area contributed by atoms with Crippen LogP contribution in [0, 0.1) is 5.92 Å². The lowest BCUT2D eigenvalue weighted by atomic mass is 9.96. The number of aliphatic hydroxyl groups is 1. The Morgan fingerprint density at radius 2 is 2.04 bits per heavy atom. The summed E-state index contributed by atoms with van der Waals surface area (Å²) in [6.45, 7) is -0.260. The van der Waals surface area contributed by atoms with Crippen molar-refractivity contribution < 1.29 is 23.1 Å². The minimum atomic E-state index is -4.51. The van der Waals surface area contributed by atoms with Gasteiger partial charge in [-0.15, -0.1) is 0 Å². The van der Waals surface area contributed by atoms with Gasteiger partial charge in [-0.2, -0.15) is 13.2 Å². The third kappa shape index (κ3) is 2.91. The molecule has 1 unspecified atom stereocenters. The second kappa shape index (κ2) is 6.18. The monoisotopic (exact) mass is 355 g/mol. The van der Waals surface area contributed by atoms with E-state index in [1.54, 1.807) is 12.1 Å². The first-order valence-electron chi connectivity index (χ1n) is 7.29. The molecule has 1 aromatic carbocycles. The Balaban J connectivity index is 1.92. The van der Waals surface area contributed by atoms with Crippen molar-refractivity contribution in [3.8, 4) is 0 Å². The lowest BCUT2D eigenvalue weighted by Crippen LogP contribution is -2.17. The molecular weight excluding hydrogens is 343 g/mol. The molecule has 1 N–H and O–H groups in total. The maximum Gasteiger partial charge on any atom is 0.418 e. The van der Waals surface area contributed by atoms with Gasteiger partial charge in [0.15, 0.2) is 5.78 Å². The number of alkyl halides is 3. The van der Waals surface area contributed by atoms with Crippen molar-refractivity contribution in [2.45, 2.75) is 25.6 Å². The van der Waals surface area contributed by atoms with Crippen molar-refractivity contribution in [2.24, 2.45) is 5.92 Å². The number of halogens is 4. The van der Waals surface area contributed by atoms with E-state index in [0.717, 1.165) is 6.07 Å². The molecule has 24 heavy (non-hydrogen) atoms. The van der Waals surface area contributed by atoms with Crippen LogP contribution >= 0.6 is 11.6 Å². The number of hydrogen-bond donors (Lipinski definition) is 1. The van der Waals surface area contributed by atoms with Gasteiger partial charge in [-0.05, 0) is 29.7 Å². The number of rotatable bonds is 3. The number of ketones is 1. The lowest BCUT2D eigenvalue weighted by molar-refractivity contribution is -0.138. The molecule has 0 bridgehead atoms. The van der Waals surface area contributed by atoms with Gasteiger partial charge in [0.1, 0.15) is 0 Å². The largest absolute Gasteiger partial charge is 0.418 e. The summed E-state index contributed by atoms with van der Waals surface area (Å²) in [6.07, 6.45) is -3.09. The molecule has 126 valence electrons. The predicted octanol–water partition coefficient (Wildman–Crippen LogP) is 3.84. The number of benzene rings is 1. The minimum Gasteiger partial charge on any atom is -0.392 e. The maximum absolute atomic E-state index is 13.1. The van der Waals surface area contributed by atoms with Crippen molar-refractivity contribution in [3.05, 3.63) is 63.4 Å². The number of Topliss-reactive ketones (excluding diaryl/α,β-unsaturated/α-hetero) is 1. The SMILES string of the molecule is O=C1c2ccc(CO)c(Cl)c2CC1Cc1ncccc1C(F)(F)F. The van der Waals surface area contributed by atoms with Gasteiger partial charge in [0.2, 0.25) is 0 Å². The molecule has 7 heteroatoms. The van der Waals surface area contributed by atoms with Crippen molar-refractivity contribution in [1.29, 1.82) is 0 Å². The van der Waals surface area contributed by atoms with Crippen molar-refractivity contribution in [2.75, 3.05) is 0 Å². The number of hydrogen-bond acceptors (Lipinski definition) is 3. The van der Waals surface area contributed by atoms with E-state index in [1.165, 1.54) is 12.3 Å². The molecule has 1 aliphatic carbocycles. The van der Waals surface area contributed by atoms with Crippen LogP contribution < -0.4 is 0 Å². The Hall–Kier alpha value is -1.92. The van der Waals surface area contributed by atoms with Gasteiger partial charge in [-0.3, -0.25) is 9.78 Å². The van der Waals surface area contributed by atoms with Crippen LogP contribution in [0.25, 0.3) is 0 Å². The zero-order valence-corrected chi connectivity index (χ0v) is 13.2. The first-order valence-corrected chi connectivity index (χ1v) is 7.67. The molecular formula is C17H13ClF3NO2. The first kappa shape index (κ1) is 16.9. The van der Waals surface area contributed by atoms with Crippen LogP contribution in [-0.4, -0.2) is 15.9 Å². The van der Waals surface area contributed by atoms with E-state index < -0.39 is 17.7 Å². The van der Waals surface area contributed by atoms with Crippen molar-refractivity contribution in [1.82, 2.24) is 4.98 Å². The van der Waals surface area contributed by atoms with Crippen LogP contribution in [0.5, 0.6) is 0 Å². The number of carbonyl (C=O) groups excluding carboxylic acids is 1. The summed E-state index contributed by atoms with van der Waals surface area (Å²) < 4.78 is 39.2. The summed E-state index contributed by atoms with van der Waals surface area (Å²) in [6, 6.07) is 5.31. The number of fused-ring (bicyclic) bond motifs is 1.